The Bertz CT molecular complexity index is 926. The molecule has 6 aliphatic rings. The molecule has 8 unspecified atom stereocenters. The molecule has 0 aromatic heterocycles. The third-order valence-electron chi connectivity index (χ3n) is 9.06. The lowest BCUT2D eigenvalue weighted by Gasteiger charge is -2.54. The van der Waals surface area contributed by atoms with Crippen molar-refractivity contribution >= 4 is 13.8 Å². The van der Waals surface area contributed by atoms with Gasteiger partial charge in [0.05, 0.1) is 18.3 Å². The molecule has 3 heterocycles. The Morgan fingerprint density at radius 1 is 1.23 bits per heavy atom. The fraction of sp³-hybridized carbons (Fsp3) is 0.857. The summed E-state index contributed by atoms with van der Waals surface area (Å²) in [6, 6.07) is 0. The van der Waals surface area contributed by atoms with E-state index in [1.807, 2.05) is 0 Å². The maximum atomic E-state index is 12.2. The van der Waals surface area contributed by atoms with E-state index in [0.29, 0.717) is 13.0 Å². The van der Waals surface area contributed by atoms with Crippen molar-refractivity contribution in [3.63, 3.8) is 0 Å². The number of phosphoric ester groups is 1. The van der Waals surface area contributed by atoms with Gasteiger partial charge in [-0.25, -0.2) is 9.36 Å². The summed E-state index contributed by atoms with van der Waals surface area (Å²) >= 11 is 0. The number of esters is 1. The maximum absolute atomic E-state index is 12.2. The molecule has 10 heteroatoms. The summed E-state index contributed by atoms with van der Waals surface area (Å²) in [6.07, 6.45) is 2.67. The second kappa shape index (κ2) is 6.20. The SMILES string of the molecule is CC(C)C1CC2OC23C2(C)CCC4=C(COC4=O)C2CC2OC23C1OCOP(=O)(O)O. The largest absolute Gasteiger partial charge is 0.471 e. The van der Waals surface area contributed by atoms with Gasteiger partial charge in [-0.05, 0) is 49.0 Å². The Morgan fingerprint density at radius 3 is 2.71 bits per heavy atom. The summed E-state index contributed by atoms with van der Waals surface area (Å²) in [4.78, 5) is 30.4. The predicted molar refractivity (Wildman–Crippen MR) is 104 cm³/mol. The molecule has 2 spiro atoms. The van der Waals surface area contributed by atoms with Gasteiger partial charge in [0.25, 0.3) is 0 Å². The molecule has 0 bridgehead atoms. The smallest absolute Gasteiger partial charge is 0.458 e. The zero-order chi connectivity index (χ0) is 22.0. The first-order chi connectivity index (χ1) is 14.6. The third kappa shape index (κ3) is 2.49. The number of carbonyl (C=O) groups is 1. The summed E-state index contributed by atoms with van der Waals surface area (Å²) in [5.74, 6) is 0.390. The van der Waals surface area contributed by atoms with Gasteiger partial charge in [-0.15, -0.1) is 0 Å². The van der Waals surface area contributed by atoms with E-state index >= 15 is 0 Å². The Morgan fingerprint density at radius 2 is 2.00 bits per heavy atom. The number of fused-ring (bicyclic) bond motifs is 2. The Balaban J connectivity index is 1.37. The lowest BCUT2D eigenvalue weighted by molar-refractivity contribution is -0.154. The Hall–Kier alpha value is -0.800. The number of ether oxygens (including phenoxy) is 4. The molecular weight excluding hydrogens is 427 g/mol. The van der Waals surface area contributed by atoms with Gasteiger partial charge in [0.15, 0.2) is 12.4 Å². The van der Waals surface area contributed by atoms with E-state index < -0.39 is 25.8 Å². The number of rotatable bonds is 5. The number of epoxide rings is 2. The van der Waals surface area contributed by atoms with Crippen molar-refractivity contribution in [3.8, 4) is 0 Å². The number of cyclic esters (lactones) is 1. The van der Waals surface area contributed by atoms with Crippen LogP contribution in [0.3, 0.4) is 0 Å². The first kappa shape index (κ1) is 20.8. The second-order valence-corrected chi connectivity index (χ2v) is 11.7. The molecule has 0 radical (unpaired) electrons. The number of hydrogen-bond donors (Lipinski definition) is 2. The third-order valence-corrected chi connectivity index (χ3v) is 9.50. The summed E-state index contributed by atoms with van der Waals surface area (Å²) < 4.78 is 40.3. The second-order valence-electron chi connectivity index (χ2n) is 10.5. The zero-order valence-electron chi connectivity index (χ0n) is 17.9. The van der Waals surface area contributed by atoms with Crippen LogP contribution in [0, 0.1) is 23.2 Å². The van der Waals surface area contributed by atoms with Crippen LogP contribution in [0.2, 0.25) is 0 Å². The first-order valence-electron chi connectivity index (χ1n) is 11.1. The Labute approximate surface area is 180 Å². The van der Waals surface area contributed by atoms with Crippen molar-refractivity contribution in [2.45, 2.75) is 76.0 Å². The van der Waals surface area contributed by atoms with Gasteiger partial charge in [0.1, 0.15) is 12.2 Å². The van der Waals surface area contributed by atoms with Gasteiger partial charge >= 0.3 is 13.8 Å². The maximum Gasteiger partial charge on any atom is 0.471 e. The zero-order valence-corrected chi connectivity index (χ0v) is 18.8. The van der Waals surface area contributed by atoms with E-state index in [2.05, 4.69) is 25.3 Å². The van der Waals surface area contributed by atoms with E-state index in [9.17, 15) is 9.36 Å². The monoisotopic (exact) mass is 456 g/mol. The van der Waals surface area contributed by atoms with Crippen molar-refractivity contribution in [2.75, 3.05) is 13.4 Å². The Kier molecular flexibility index (Phi) is 4.16. The molecule has 31 heavy (non-hydrogen) atoms. The average Bonchev–Trinajstić information content (AvgIpc) is 3.55. The normalized spacial score (nSPS) is 49.6. The highest BCUT2D eigenvalue weighted by Crippen LogP contribution is 2.79. The van der Waals surface area contributed by atoms with E-state index in [0.717, 1.165) is 30.4 Å². The summed E-state index contributed by atoms with van der Waals surface area (Å²) in [7, 11) is -4.63. The fourth-order valence-electron chi connectivity index (χ4n) is 7.67. The van der Waals surface area contributed by atoms with E-state index in [-0.39, 0.29) is 47.4 Å². The van der Waals surface area contributed by atoms with Crippen LogP contribution in [-0.4, -0.2) is 58.7 Å². The minimum Gasteiger partial charge on any atom is -0.458 e. The molecule has 2 saturated carbocycles. The van der Waals surface area contributed by atoms with Crippen molar-refractivity contribution in [3.05, 3.63) is 11.1 Å². The lowest BCUT2D eigenvalue weighted by atomic mass is 9.46. The average molecular weight is 456 g/mol. The molecule has 2 saturated heterocycles. The quantitative estimate of drug-likeness (QED) is 0.277. The van der Waals surface area contributed by atoms with Crippen molar-refractivity contribution < 1.29 is 42.6 Å². The van der Waals surface area contributed by atoms with Crippen LogP contribution in [0.15, 0.2) is 11.1 Å². The predicted octanol–water partition coefficient (Wildman–Crippen LogP) is 2.06. The highest BCUT2D eigenvalue weighted by atomic mass is 31.2. The minimum absolute atomic E-state index is 0.0559. The van der Waals surface area contributed by atoms with Crippen molar-refractivity contribution in [2.24, 2.45) is 23.2 Å². The molecular formula is C21H29O9P. The minimum atomic E-state index is -4.63. The molecule has 9 nitrogen and oxygen atoms in total. The van der Waals surface area contributed by atoms with Crippen LogP contribution >= 0.6 is 7.82 Å². The van der Waals surface area contributed by atoms with Crippen LogP contribution in [0.4, 0.5) is 0 Å². The summed E-state index contributed by atoms with van der Waals surface area (Å²) in [5.41, 5.74) is 0.569. The molecule has 6 rings (SSSR count). The molecule has 8 atom stereocenters. The highest BCUT2D eigenvalue weighted by molar-refractivity contribution is 7.46. The first-order valence-corrected chi connectivity index (χ1v) is 12.6. The number of carbonyl (C=O) groups excluding carboxylic acids is 1. The van der Waals surface area contributed by atoms with Crippen LogP contribution in [0.5, 0.6) is 0 Å². The summed E-state index contributed by atoms with van der Waals surface area (Å²) in [5, 5.41) is 0. The van der Waals surface area contributed by atoms with Gasteiger partial charge in [-0.1, -0.05) is 20.8 Å². The van der Waals surface area contributed by atoms with Crippen molar-refractivity contribution in [1.29, 1.82) is 0 Å². The van der Waals surface area contributed by atoms with E-state index in [1.165, 1.54) is 0 Å². The van der Waals surface area contributed by atoms with Crippen LogP contribution in [-0.2, 0) is 32.8 Å². The van der Waals surface area contributed by atoms with Crippen LogP contribution < -0.4 is 0 Å². The van der Waals surface area contributed by atoms with E-state index in [1.54, 1.807) is 0 Å². The van der Waals surface area contributed by atoms with E-state index in [4.69, 9.17) is 28.7 Å². The van der Waals surface area contributed by atoms with Crippen molar-refractivity contribution in [1.82, 2.24) is 0 Å². The molecule has 2 N–H and O–H groups in total. The molecule has 0 aromatic rings. The molecule has 3 aliphatic heterocycles. The molecule has 3 aliphatic carbocycles. The van der Waals surface area contributed by atoms with Crippen LogP contribution in [0.1, 0.15) is 46.5 Å². The molecule has 0 aromatic carbocycles. The number of hydrogen-bond acceptors (Lipinski definition) is 7. The standard InChI is InChI=1S/C21H29O9P/c1-10(2)12-6-16-21(30-16)19(3)5-4-11-13(8-26-18(11)22)14(19)7-15-20(21,29-15)17(12)27-9-28-31(23,24)25/h10,12,14-17H,4-9H2,1-3H3,(H2,23,24,25). The highest BCUT2D eigenvalue weighted by Gasteiger charge is 2.93. The van der Waals surface area contributed by atoms with Crippen LogP contribution in [0.25, 0.3) is 0 Å². The fourth-order valence-corrected chi connectivity index (χ4v) is 7.86. The van der Waals surface area contributed by atoms with Gasteiger partial charge in [0.2, 0.25) is 0 Å². The topological polar surface area (TPSA) is 127 Å². The molecule has 0 amide bonds. The van der Waals surface area contributed by atoms with Gasteiger partial charge in [-0.2, -0.15) is 0 Å². The summed E-state index contributed by atoms with van der Waals surface area (Å²) in [6.45, 7) is 6.37. The number of phosphoric acid groups is 1. The van der Waals surface area contributed by atoms with Gasteiger partial charge in [0, 0.05) is 11.0 Å². The lowest BCUT2D eigenvalue weighted by Crippen LogP contribution is -2.67. The van der Waals surface area contributed by atoms with Gasteiger partial charge in [-0.3, -0.25) is 4.52 Å². The molecule has 172 valence electrons. The molecule has 4 fully saturated rings. The van der Waals surface area contributed by atoms with Gasteiger partial charge < -0.3 is 28.7 Å².